The third-order valence-electron chi connectivity index (χ3n) is 2.52. The minimum absolute atomic E-state index is 0.205. The molecule has 0 aliphatic rings. The van der Waals surface area contributed by atoms with Crippen molar-refractivity contribution in [2.24, 2.45) is 5.92 Å². The Morgan fingerprint density at radius 1 is 1.21 bits per heavy atom. The van der Waals surface area contributed by atoms with Crippen LogP contribution < -0.4 is 0 Å². The minimum atomic E-state index is 0.205. The second-order valence-electron chi connectivity index (χ2n) is 4.32. The van der Waals surface area contributed by atoms with Gasteiger partial charge in [-0.1, -0.05) is 13.8 Å². The zero-order chi connectivity index (χ0) is 11.1. The Kier molecular flexibility index (Phi) is 6.75. The summed E-state index contributed by atoms with van der Waals surface area (Å²) in [6, 6.07) is 0. The molecule has 0 saturated heterocycles. The average Bonchev–Trinajstić information content (AvgIpc) is 2.13. The highest BCUT2D eigenvalue weighted by molar-refractivity contribution is 5.82. The van der Waals surface area contributed by atoms with Gasteiger partial charge >= 0.3 is 0 Å². The van der Waals surface area contributed by atoms with Gasteiger partial charge in [0, 0.05) is 19.0 Å². The van der Waals surface area contributed by atoms with Crippen molar-refractivity contribution >= 4 is 5.78 Å². The quantitative estimate of drug-likeness (QED) is 0.615. The zero-order valence-corrected chi connectivity index (χ0v) is 10.2. The van der Waals surface area contributed by atoms with Crippen molar-refractivity contribution in [3.05, 3.63) is 0 Å². The van der Waals surface area contributed by atoms with Gasteiger partial charge in [0.25, 0.3) is 0 Å². The molecule has 1 atom stereocenters. The number of carbonyl (C=O) groups excluding carboxylic acids is 1. The van der Waals surface area contributed by atoms with Gasteiger partial charge in [-0.15, -0.1) is 0 Å². The lowest BCUT2D eigenvalue weighted by molar-refractivity contribution is -0.123. The van der Waals surface area contributed by atoms with Crippen molar-refractivity contribution in [2.45, 2.75) is 20.3 Å². The van der Waals surface area contributed by atoms with E-state index in [4.69, 9.17) is 0 Å². The van der Waals surface area contributed by atoms with E-state index in [1.807, 2.05) is 28.1 Å². The van der Waals surface area contributed by atoms with Crippen molar-refractivity contribution in [1.29, 1.82) is 0 Å². The summed E-state index contributed by atoms with van der Waals surface area (Å²) < 4.78 is 0. The summed E-state index contributed by atoms with van der Waals surface area (Å²) in [6.07, 6.45) is 0.945. The van der Waals surface area contributed by atoms with E-state index in [-0.39, 0.29) is 5.92 Å². The van der Waals surface area contributed by atoms with Gasteiger partial charge in [-0.3, -0.25) is 9.69 Å². The molecule has 0 saturated carbocycles. The third-order valence-corrected chi connectivity index (χ3v) is 2.52. The minimum Gasteiger partial charge on any atom is -0.308 e. The summed E-state index contributed by atoms with van der Waals surface area (Å²) in [5.41, 5.74) is 0. The van der Waals surface area contributed by atoms with Crippen LogP contribution in [-0.2, 0) is 4.79 Å². The number of hydrogen-bond donors (Lipinski definition) is 0. The molecule has 0 aliphatic carbocycles. The van der Waals surface area contributed by atoms with Crippen LogP contribution >= 0.6 is 0 Å². The Morgan fingerprint density at radius 3 is 2.21 bits per heavy atom. The van der Waals surface area contributed by atoms with Crippen LogP contribution in [0.15, 0.2) is 0 Å². The maximum absolute atomic E-state index is 11.6. The van der Waals surface area contributed by atoms with Crippen LogP contribution in [0.25, 0.3) is 0 Å². The zero-order valence-electron chi connectivity index (χ0n) is 10.2. The van der Waals surface area contributed by atoms with Gasteiger partial charge in [-0.25, -0.2) is 0 Å². The first-order chi connectivity index (χ1) is 6.47. The van der Waals surface area contributed by atoms with Crippen LogP contribution in [0.1, 0.15) is 20.3 Å². The van der Waals surface area contributed by atoms with Gasteiger partial charge in [-0.05, 0) is 27.6 Å². The van der Waals surface area contributed by atoms with Crippen molar-refractivity contribution in [3.63, 3.8) is 0 Å². The van der Waals surface area contributed by atoms with Crippen LogP contribution in [-0.4, -0.2) is 56.4 Å². The van der Waals surface area contributed by atoms with Gasteiger partial charge in [0.1, 0.15) is 5.78 Å². The second kappa shape index (κ2) is 6.96. The number of nitrogens with zero attached hydrogens (tertiary/aromatic N) is 2. The summed E-state index contributed by atoms with van der Waals surface area (Å²) in [5, 5.41) is 0. The third kappa shape index (κ3) is 6.11. The summed E-state index contributed by atoms with van der Waals surface area (Å²) in [4.78, 5) is 15.8. The van der Waals surface area contributed by atoms with E-state index in [1.165, 1.54) is 0 Å². The summed E-state index contributed by atoms with van der Waals surface area (Å²) >= 11 is 0. The summed E-state index contributed by atoms with van der Waals surface area (Å²) in [6.45, 7) is 6.60. The Bertz CT molecular complexity index is 169. The average molecular weight is 200 g/mol. The number of rotatable bonds is 7. The highest BCUT2D eigenvalue weighted by atomic mass is 16.1. The SMILES string of the molecule is CCC(C)C(=O)CN(C)CCN(C)C. The highest BCUT2D eigenvalue weighted by Crippen LogP contribution is 2.02. The fourth-order valence-corrected chi connectivity index (χ4v) is 1.10. The molecule has 0 bridgehead atoms. The lowest BCUT2D eigenvalue weighted by Crippen LogP contribution is -2.34. The smallest absolute Gasteiger partial charge is 0.149 e. The Hall–Kier alpha value is -0.410. The summed E-state index contributed by atoms with van der Waals surface area (Å²) in [5.74, 6) is 0.561. The number of hydrogen-bond acceptors (Lipinski definition) is 3. The number of likely N-dealkylation sites (N-methyl/N-ethyl adjacent to an activating group) is 2. The number of carbonyl (C=O) groups is 1. The highest BCUT2D eigenvalue weighted by Gasteiger charge is 2.12. The fourth-order valence-electron chi connectivity index (χ4n) is 1.10. The van der Waals surface area contributed by atoms with Crippen molar-refractivity contribution in [3.8, 4) is 0 Å². The molecule has 0 heterocycles. The topological polar surface area (TPSA) is 23.6 Å². The first-order valence-corrected chi connectivity index (χ1v) is 5.33. The molecule has 0 aromatic heterocycles. The standard InChI is InChI=1S/C11H24N2O/c1-6-10(2)11(14)9-13(5)8-7-12(3)4/h10H,6-9H2,1-5H3. The van der Waals surface area contributed by atoms with E-state index in [1.54, 1.807) is 0 Å². The molecule has 0 aromatic carbocycles. The molecule has 0 fully saturated rings. The Labute approximate surface area is 88.1 Å². The van der Waals surface area contributed by atoms with Gasteiger partial charge in [0.15, 0.2) is 0 Å². The first-order valence-electron chi connectivity index (χ1n) is 5.33. The van der Waals surface area contributed by atoms with Crippen molar-refractivity contribution < 1.29 is 4.79 Å². The molecule has 0 spiro atoms. The van der Waals surface area contributed by atoms with E-state index in [2.05, 4.69) is 16.7 Å². The molecule has 0 radical (unpaired) electrons. The largest absolute Gasteiger partial charge is 0.308 e. The van der Waals surface area contributed by atoms with Crippen LogP contribution in [0.4, 0.5) is 0 Å². The number of ketones is 1. The molecular formula is C11H24N2O. The van der Waals surface area contributed by atoms with E-state index < -0.39 is 0 Å². The lowest BCUT2D eigenvalue weighted by atomic mass is 10.0. The van der Waals surface area contributed by atoms with Gasteiger partial charge in [0.05, 0.1) is 6.54 Å². The van der Waals surface area contributed by atoms with Crippen LogP contribution in [0.3, 0.4) is 0 Å². The van der Waals surface area contributed by atoms with E-state index >= 15 is 0 Å². The molecule has 3 nitrogen and oxygen atoms in total. The molecule has 1 unspecified atom stereocenters. The van der Waals surface area contributed by atoms with Crippen LogP contribution in [0.2, 0.25) is 0 Å². The molecule has 0 aliphatic heterocycles. The first kappa shape index (κ1) is 13.6. The maximum atomic E-state index is 11.6. The van der Waals surface area contributed by atoms with E-state index in [0.717, 1.165) is 19.5 Å². The molecule has 0 rings (SSSR count). The Balaban J connectivity index is 3.71. The monoisotopic (exact) mass is 200 g/mol. The predicted octanol–water partition coefficient (Wildman–Crippen LogP) is 1.09. The molecular weight excluding hydrogens is 176 g/mol. The molecule has 0 amide bonds. The number of Topliss-reactive ketones (excluding diaryl/α,β-unsaturated/α-hetero) is 1. The van der Waals surface area contributed by atoms with Crippen molar-refractivity contribution in [2.75, 3.05) is 40.8 Å². The van der Waals surface area contributed by atoms with Gasteiger partial charge in [0.2, 0.25) is 0 Å². The fraction of sp³-hybridized carbons (Fsp3) is 0.909. The second-order valence-corrected chi connectivity index (χ2v) is 4.32. The normalized spacial score (nSPS) is 13.6. The lowest BCUT2D eigenvalue weighted by Gasteiger charge is -2.19. The predicted molar refractivity (Wildman–Crippen MR) is 60.5 cm³/mol. The molecule has 0 N–H and O–H groups in total. The molecule has 14 heavy (non-hydrogen) atoms. The van der Waals surface area contributed by atoms with Crippen LogP contribution in [0, 0.1) is 5.92 Å². The maximum Gasteiger partial charge on any atom is 0.149 e. The Morgan fingerprint density at radius 2 is 1.79 bits per heavy atom. The van der Waals surface area contributed by atoms with E-state index in [0.29, 0.717) is 12.3 Å². The van der Waals surface area contributed by atoms with Gasteiger partial charge in [-0.2, -0.15) is 0 Å². The summed E-state index contributed by atoms with van der Waals surface area (Å²) in [7, 11) is 6.10. The van der Waals surface area contributed by atoms with Crippen molar-refractivity contribution in [1.82, 2.24) is 9.80 Å². The van der Waals surface area contributed by atoms with Gasteiger partial charge < -0.3 is 4.90 Å². The molecule has 84 valence electrons. The van der Waals surface area contributed by atoms with E-state index in [9.17, 15) is 4.79 Å². The molecule has 3 heteroatoms. The molecule has 0 aromatic rings. The van der Waals surface area contributed by atoms with Crippen LogP contribution in [0.5, 0.6) is 0 Å².